The van der Waals surface area contributed by atoms with Crippen molar-refractivity contribution in [1.82, 2.24) is 15.8 Å². The van der Waals surface area contributed by atoms with E-state index < -0.39 is 0 Å². The van der Waals surface area contributed by atoms with E-state index in [0.29, 0.717) is 48.8 Å². The highest BCUT2D eigenvalue weighted by Crippen LogP contribution is 2.35. The second-order valence-electron chi connectivity index (χ2n) is 8.07. The molecule has 0 saturated carbocycles. The van der Waals surface area contributed by atoms with Crippen molar-refractivity contribution in [1.29, 1.82) is 5.41 Å². The van der Waals surface area contributed by atoms with Gasteiger partial charge in [0.05, 0.1) is 30.1 Å². The lowest BCUT2D eigenvalue weighted by Gasteiger charge is -2.37. The number of amides is 1. The largest absolute Gasteiger partial charge is 0.378 e. The number of morpholine rings is 1. The molecule has 1 aromatic rings. The molecule has 0 spiro atoms. The van der Waals surface area contributed by atoms with Crippen molar-refractivity contribution >= 4 is 46.0 Å². The van der Waals surface area contributed by atoms with E-state index in [4.69, 9.17) is 26.7 Å². The average molecular weight is 465 g/mol. The minimum Gasteiger partial charge on any atom is -0.378 e. The molecule has 31 heavy (non-hydrogen) atoms. The molecule has 0 bridgehead atoms. The number of benzene rings is 1. The zero-order chi connectivity index (χ0) is 22.1. The van der Waals surface area contributed by atoms with Gasteiger partial charge in [0.15, 0.2) is 5.17 Å². The Morgan fingerprint density at radius 2 is 2.13 bits per heavy atom. The molecule has 2 fully saturated rings. The molecule has 0 aliphatic carbocycles. The number of nitrogens with one attached hydrogen (secondary N) is 3. The number of aryl methyl sites for hydroxylation is 1. The summed E-state index contributed by atoms with van der Waals surface area (Å²) >= 11 is 7.84. The molecule has 0 aromatic heterocycles. The van der Waals surface area contributed by atoms with Gasteiger partial charge in [0, 0.05) is 24.2 Å². The number of anilines is 1. The van der Waals surface area contributed by atoms with Crippen LogP contribution in [0.1, 0.15) is 25.8 Å². The number of carbonyl (C=O) groups is 1. The van der Waals surface area contributed by atoms with Crippen molar-refractivity contribution in [3.8, 4) is 0 Å². The van der Waals surface area contributed by atoms with Crippen molar-refractivity contribution in [2.75, 3.05) is 31.2 Å². The number of ether oxygens (including phenoxy) is 1. The van der Waals surface area contributed by atoms with Gasteiger partial charge in [0.2, 0.25) is 5.91 Å². The number of hydrogen-bond acceptors (Lipinski definition) is 7. The van der Waals surface area contributed by atoms with Gasteiger partial charge in [-0.25, -0.2) is 10.4 Å². The van der Waals surface area contributed by atoms with Crippen LogP contribution in [0.25, 0.3) is 0 Å². The van der Waals surface area contributed by atoms with Crippen molar-refractivity contribution in [2.45, 2.75) is 44.6 Å². The van der Waals surface area contributed by atoms with Crippen molar-refractivity contribution in [2.24, 2.45) is 10.9 Å². The number of rotatable bonds is 4. The maximum Gasteiger partial charge on any atom is 0.236 e. The second kappa shape index (κ2) is 9.46. The normalized spacial score (nSPS) is 27.2. The van der Waals surface area contributed by atoms with Gasteiger partial charge < -0.3 is 9.64 Å². The van der Waals surface area contributed by atoms with E-state index in [0.717, 1.165) is 11.3 Å². The number of nitrogens with zero attached hydrogens (tertiary/aromatic N) is 3. The highest BCUT2D eigenvalue weighted by Gasteiger charge is 2.44. The fraction of sp³-hybridized carbons (Fsp3) is 0.571. The summed E-state index contributed by atoms with van der Waals surface area (Å²) in [5, 5.41) is 10.0. The second-order valence-corrected chi connectivity index (χ2v) is 9.64. The van der Waals surface area contributed by atoms with Gasteiger partial charge in [-0.05, 0) is 38.0 Å². The summed E-state index contributed by atoms with van der Waals surface area (Å²) in [6.07, 6.45) is 0.435. The maximum atomic E-state index is 13.2. The van der Waals surface area contributed by atoms with Crippen LogP contribution >= 0.6 is 23.4 Å². The quantitative estimate of drug-likeness (QED) is 0.634. The molecule has 10 heteroatoms. The number of hydrogen-bond donors (Lipinski definition) is 3. The van der Waals surface area contributed by atoms with E-state index in [1.807, 2.05) is 48.8 Å². The highest BCUT2D eigenvalue weighted by molar-refractivity contribution is 8.15. The molecule has 168 valence electrons. The fourth-order valence-electron chi connectivity index (χ4n) is 4.07. The number of thioether (sulfide) groups is 1. The molecule has 3 N–H and O–H groups in total. The predicted molar refractivity (Wildman–Crippen MR) is 126 cm³/mol. The van der Waals surface area contributed by atoms with Crippen LogP contribution in [0.15, 0.2) is 23.2 Å². The number of halogens is 1. The van der Waals surface area contributed by atoms with Crippen LogP contribution in [0.4, 0.5) is 5.69 Å². The van der Waals surface area contributed by atoms with E-state index in [1.54, 1.807) is 0 Å². The first kappa shape index (κ1) is 22.5. The maximum absolute atomic E-state index is 13.2. The number of carbonyl (C=O) groups excluding carboxylic acids is 1. The summed E-state index contributed by atoms with van der Waals surface area (Å²) in [4.78, 5) is 21.8. The molecular weight excluding hydrogens is 436 g/mol. The van der Waals surface area contributed by atoms with Crippen LogP contribution in [-0.2, 0) is 9.53 Å². The summed E-state index contributed by atoms with van der Waals surface area (Å²) < 4.78 is 5.39. The van der Waals surface area contributed by atoms with Crippen LogP contribution in [0.5, 0.6) is 0 Å². The first-order valence-electron chi connectivity index (χ1n) is 10.7. The highest BCUT2D eigenvalue weighted by atomic mass is 35.5. The summed E-state index contributed by atoms with van der Waals surface area (Å²) in [6.45, 7) is 8.38. The first-order valence-corrected chi connectivity index (χ1v) is 11.9. The number of amidine groups is 2. The Morgan fingerprint density at radius 1 is 1.39 bits per heavy atom. The molecule has 2 saturated heterocycles. The topological polar surface area (TPSA) is 93.1 Å². The SMILES string of the molecule is CCC(SC1=NC2NNC(C)C2C(=N)N1c1ccc(C)c(Cl)c1)C(=O)N1CCOCC1. The third-order valence-corrected chi connectivity index (χ3v) is 7.69. The molecule has 3 aliphatic heterocycles. The molecule has 1 amide bonds. The molecule has 8 nitrogen and oxygen atoms in total. The number of fused-ring (bicyclic) bond motifs is 1. The van der Waals surface area contributed by atoms with Crippen molar-refractivity contribution in [3.63, 3.8) is 0 Å². The van der Waals surface area contributed by atoms with Crippen molar-refractivity contribution < 1.29 is 9.53 Å². The van der Waals surface area contributed by atoms with Crippen LogP contribution in [0, 0.1) is 18.3 Å². The number of hydrazine groups is 1. The fourth-order valence-corrected chi connectivity index (χ4v) is 5.40. The van der Waals surface area contributed by atoms with Gasteiger partial charge in [-0.3, -0.25) is 20.5 Å². The minimum absolute atomic E-state index is 0.0631. The molecule has 1 aromatic carbocycles. The summed E-state index contributed by atoms with van der Waals surface area (Å²) in [7, 11) is 0. The van der Waals surface area contributed by atoms with Crippen LogP contribution in [0.3, 0.4) is 0 Å². The Balaban J connectivity index is 1.66. The lowest BCUT2D eigenvalue weighted by Crippen LogP contribution is -2.51. The predicted octanol–water partition coefficient (Wildman–Crippen LogP) is 2.61. The Kier molecular flexibility index (Phi) is 6.88. The zero-order valence-electron chi connectivity index (χ0n) is 18.0. The Morgan fingerprint density at radius 3 is 2.81 bits per heavy atom. The van der Waals surface area contributed by atoms with Crippen LogP contribution < -0.4 is 15.8 Å². The van der Waals surface area contributed by atoms with Gasteiger partial charge in [-0.2, -0.15) is 0 Å². The molecule has 4 rings (SSSR count). The monoisotopic (exact) mass is 464 g/mol. The lowest BCUT2D eigenvalue weighted by molar-refractivity contribution is -0.134. The van der Waals surface area contributed by atoms with Gasteiger partial charge in [-0.1, -0.05) is 36.4 Å². The van der Waals surface area contributed by atoms with Gasteiger partial charge >= 0.3 is 0 Å². The van der Waals surface area contributed by atoms with Crippen LogP contribution in [0.2, 0.25) is 5.02 Å². The molecular formula is C21H29ClN6O2S. The van der Waals surface area contributed by atoms with Gasteiger partial charge in [-0.15, -0.1) is 0 Å². The van der Waals surface area contributed by atoms with E-state index in [2.05, 4.69) is 10.9 Å². The van der Waals surface area contributed by atoms with Crippen LogP contribution in [-0.4, -0.2) is 65.6 Å². The third kappa shape index (κ3) is 4.47. The molecule has 4 unspecified atom stereocenters. The molecule has 0 radical (unpaired) electrons. The van der Waals surface area contributed by atoms with E-state index in [1.165, 1.54) is 11.8 Å². The Hall–Kier alpha value is -1.65. The smallest absolute Gasteiger partial charge is 0.236 e. The number of aliphatic imine (C=N–C) groups is 1. The summed E-state index contributed by atoms with van der Waals surface area (Å²) in [5.74, 6) is 0.431. The Labute approximate surface area is 192 Å². The molecule has 3 aliphatic rings. The van der Waals surface area contributed by atoms with Gasteiger partial charge in [0.25, 0.3) is 0 Å². The van der Waals surface area contributed by atoms with Crippen molar-refractivity contribution in [3.05, 3.63) is 28.8 Å². The standard InChI is InChI=1S/C21H29ClN6O2S/c1-4-16(20(29)27-7-9-30-10-8-27)31-21-24-19-17(13(3)25-26-19)18(23)28(21)14-6-5-12(2)15(22)11-14/h5-6,11,13,16-17,19,23,25-26H,4,7-10H2,1-3H3. The average Bonchev–Trinajstić information content (AvgIpc) is 3.15. The van der Waals surface area contributed by atoms with E-state index in [9.17, 15) is 4.79 Å². The van der Waals surface area contributed by atoms with E-state index in [-0.39, 0.29) is 29.3 Å². The minimum atomic E-state index is -0.281. The molecule has 3 heterocycles. The lowest BCUT2D eigenvalue weighted by atomic mass is 9.97. The zero-order valence-corrected chi connectivity index (χ0v) is 19.6. The Bertz CT molecular complexity index is 891. The third-order valence-electron chi connectivity index (χ3n) is 5.97. The summed E-state index contributed by atoms with van der Waals surface area (Å²) in [5.41, 5.74) is 8.15. The van der Waals surface area contributed by atoms with Gasteiger partial charge in [0.1, 0.15) is 12.0 Å². The summed E-state index contributed by atoms with van der Waals surface area (Å²) in [6, 6.07) is 5.84. The van der Waals surface area contributed by atoms with E-state index >= 15 is 0 Å². The first-order chi connectivity index (χ1) is 14.9. The molecule has 4 atom stereocenters.